The molecule has 0 saturated carbocycles. The molecule has 1 rings (SSSR count). The van der Waals surface area contributed by atoms with Gasteiger partial charge in [0.05, 0.1) is 18.4 Å². The molecule has 1 aromatic carbocycles. The Labute approximate surface area is 93.9 Å². The fourth-order valence-electron chi connectivity index (χ4n) is 1.21. The Balaban J connectivity index is 2.43. The summed E-state index contributed by atoms with van der Waals surface area (Å²) in [5, 5.41) is 11.1. The average Bonchev–Trinajstić information content (AvgIpc) is 2.26. The highest BCUT2D eigenvalue weighted by atomic mass is 19.1. The van der Waals surface area contributed by atoms with Crippen molar-refractivity contribution in [3.8, 4) is 6.07 Å². The van der Waals surface area contributed by atoms with Gasteiger partial charge in [0.25, 0.3) is 0 Å². The van der Waals surface area contributed by atoms with Crippen molar-refractivity contribution in [3.63, 3.8) is 0 Å². The Hall–Kier alpha value is -1.89. The van der Waals surface area contributed by atoms with Gasteiger partial charge in [-0.25, -0.2) is 4.39 Å². The molecule has 0 heterocycles. The maximum atomic E-state index is 12.8. The zero-order valence-corrected chi connectivity index (χ0v) is 9.03. The highest BCUT2D eigenvalue weighted by Crippen LogP contribution is 2.04. The minimum atomic E-state index is -0.351. The van der Waals surface area contributed by atoms with Crippen molar-refractivity contribution < 1.29 is 9.18 Å². The van der Waals surface area contributed by atoms with Crippen LogP contribution in [-0.2, 0) is 11.2 Å². The molecule has 1 amide bonds. The average molecular weight is 220 g/mol. The topological polar surface area (TPSA) is 52.9 Å². The van der Waals surface area contributed by atoms with Gasteiger partial charge in [-0.15, -0.1) is 0 Å². The predicted molar refractivity (Wildman–Crippen MR) is 57.9 cm³/mol. The van der Waals surface area contributed by atoms with Gasteiger partial charge in [0, 0.05) is 6.54 Å². The number of nitriles is 1. The number of hydrogen-bond acceptors (Lipinski definition) is 2. The number of amides is 1. The minimum absolute atomic E-state index is 0.135. The van der Waals surface area contributed by atoms with E-state index in [1.165, 1.54) is 12.1 Å². The largest absolute Gasteiger partial charge is 0.355 e. The summed E-state index contributed by atoms with van der Waals surface area (Å²) in [5.74, 6) is -0.764. The van der Waals surface area contributed by atoms with E-state index in [1.807, 2.05) is 6.07 Å². The number of carbonyl (C=O) groups is 1. The second-order valence-electron chi connectivity index (χ2n) is 3.64. The Bertz CT molecular complexity index is 412. The normalized spacial score (nSPS) is 11.6. The van der Waals surface area contributed by atoms with E-state index in [9.17, 15) is 9.18 Å². The third kappa shape index (κ3) is 4.09. The van der Waals surface area contributed by atoms with Gasteiger partial charge < -0.3 is 5.32 Å². The van der Waals surface area contributed by atoms with Crippen molar-refractivity contribution >= 4 is 5.91 Å². The van der Waals surface area contributed by atoms with E-state index in [0.29, 0.717) is 12.1 Å². The fourth-order valence-corrected chi connectivity index (χ4v) is 1.21. The monoisotopic (exact) mass is 220 g/mol. The molecule has 0 radical (unpaired) electrons. The van der Waals surface area contributed by atoms with Crippen molar-refractivity contribution in [2.45, 2.75) is 13.3 Å². The molecule has 0 saturated heterocycles. The van der Waals surface area contributed by atoms with Gasteiger partial charge in [0.1, 0.15) is 5.82 Å². The number of carbonyl (C=O) groups excluding carboxylic acids is 1. The molecular weight excluding hydrogens is 207 g/mol. The van der Waals surface area contributed by atoms with E-state index in [-0.39, 0.29) is 24.1 Å². The summed E-state index contributed by atoms with van der Waals surface area (Å²) < 4.78 is 12.8. The summed E-state index contributed by atoms with van der Waals surface area (Å²) in [7, 11) is 0. The summed E-state index contributed by atoms with van der Waals surface area (Å²) in [6, 6.07) is 7.93. The first-order chi connectivity index (χ1) is 7.61. The predicted octanol–water partition coefficient (Wildman–Crippen LogP) is 1.64. The molecule has 1 aromatic rings. The summed E-state index contributed by atoms with van der Waals surface area (Å²) in [5.41, 5.74) is 0.627. The van der Waals surface area contributed by atoms with Crippen LogP contribution in [0.25, 0.3) is 0 Å². The maximum Gasteiger partial charge on any atom is 0.224 e. The van der Waals surface area contributed by atoms with Crippen LogP contribution in [0.3, 0.4) is 0 Å². The number of nitrogens with zero attached hydrogens (tertiary/aromatic N) is 1. The number of nitrogens with one attached hydrogen (secondary N) is 1. The van der Waals surface area contributed by atoms with Crippen LogP contribution in [0.15, 0.2) is 24.3 Å². The molecule has 0 aliphatic carbocycles. The van der Waals surface area contributed by atoms with E-state index < -0.39 is 0 Å². The van der Waals surface area contributed by atoms with Crippen LogP contribution in [0.4, 0.5) is 4.39 Å². The van der Waals surface area contributed by atoms with E-state index in [2.05, 4.69) is 5.32 Å². The molecule has 16 heavy (non-hydrogen) atoms. The van der Waals surface area contributed by atoms with Gasteiger partial charge in [0.2, 0.25) is 5.91 Å². The van der Waals surface area contributed by atoms with E-state index >= 15 is 0 Å². The van der Waals surface area contributed by atoms with E-state index in [4.69, 9.17) is 5.26 Å². The second kappa shape index (κ2) is 5.86. The lowest BCUT2D eigenvalue weighted by Gasteiger charge is -2.06. The standard InChI is InChI=1S/C12H13FN2O/c1-9(7-14)8-15-12(16)6-10-3-2-4-11(13)5-10/h2-5,9H,6,8H2,1H3,(H,15,16). The van der Waals surface area contributed by atoms with Crippen LogP contribution in [-0.4, -0.2) is 12.5 Å². The molecule has 1 N–H and O–H groups in total. The van der Waals surface area contributed by atoms with Crippen molar-refractivity contribution in [3.05, 3.63) is 35.6 Å². The molecule has 3 nitrogen and oxygen atoms in total. The molecule has 0 fully saturated rings. The Morgan fingerprint density at radius 2 is 2.38 bits per heavy atom. The molecular formula is C12H13FN2O. The molecule has 1 atom stereocenters. The van der Waals surface area contributed by atoms with Gasteiger partial charge in [-0.1, -0.05) is 12.1 Å². The van der Waals surface area contributed by atoms with Gasteiger partial charge in [0.15, 0.2) is 0 Å². The molecule has 4 heteroatoms. The molecule has 0 bridgehead atoms. The number of hydrogen-bond donors (Lipinski definition) is 1. The number of halogens is 1. The zero-order valence-electron chi connectivity index (χ0n) is 9.03. The molecule has 0 aromatic heterocycles. The maximum absolute atomic E-state index is 12.8. The third-order valence-electron chi connectivity index (χ3n) is 2.08. The Kier molecular flexibility index (Phi) is 4.46. The Morgan fingerprint density at radius 1 is 1.62 bits per heavy atom. The van der Waals surface area contributed by atoms with E-state index in [0.717, 1.165) is 0 Å². The SMILES string of the molecule is CC(C#N)CNC(=O)Cc1cccc(F)c1. The lowest BCUT2D eigenvalue weighted by molar-refractivity contribution is -0.120. The van der Waals surface area contributed by atoms with Gasteiger partial charge in [-0.2, -0.15) is 5.26 Å². The van der Waals surface area contributed by atoms with Crippen molar-refractivity contribution in [1.82, 2.24) is 5.32 Å². The molecule has 0 aliphatic heterocycles. The quantitative estimate of drug-likeness (QED) is 0.838. The third-order valence-corrected chi connectivity index (χ3v) is 2.08. The Morgan fingerprint density at radius 3 is 3.00 bits per heavy atom. The highest BCUT2D eigenvalue weighted by Gasteiger charge is 2.05. The molecule has 84 valence electrons. The van der Waals surface area contributed by atoms with Crippen molar-refractivity contribution in [2.75, 3.05) is 6.54 Å². The molecule has 0 aliphatic rings. The smallest absolute Gasteiger partial charge is 0.224 e. The summed E-state index contributed by atoms with van der Waals surface area (Å²) in [4.78, 5) is 11.4. The van der Waals surface area contributed by atoms with Gasteiger partial charge in [-0.3, -0.25) is 4.79 Å². The van der Waals surface area contributed by atoms with Crippen molar-refractivity contribution in [2.24, 2.45) is 5.92 Å². The second-order valence-corrected chi connectivity index (χ2v) is 3.64. The first-order valence-electron chi connectivity index (χ1n) is 5.02. The van der Waals surface area contributed by atoms with Gasteiger partial charge in [-0.05, 0) is 24.6 Å². The molecule has 0 spiro atoms. The fraction of sp³-hybridized carbons (Fsp3) is 0.333. The van der Waals surface area contributed by atoms with Crippen LogP contribution >= 0.6 is 0 Å². The van der Waals surface area contributed by atoms with Crippen LogP contribution in [0, 0.1) is 23.1 Å². The highest BCUT2D eigenvalue weighted by molar-refractivity contribution is 5.78. The lowest BCUT2D eigenvalue weighted by atomic mass is 10.1. The summed E-state index contributed by atoms with van der Waals surface area (Å²) >= 11 is 0. The van der Waals surface area contributed by atoms with Crippen LogP contribution in [0.2, 0.25) is 0 Å². The van der Waals surface area contributed by atoms with E-state index in [1.54, 1.807) is 19.1 Å². The number of rotatable bonds is 4. The minimum Gasteiger partial charge on any atom is -0.355 e. The van der Waals surface area contributed by atoms with Crippen LogP contribution < -0.4 is 5.32 Å². The number of benzene rings is 1. The zero-order chi connectivity index (χ0) is 12.0. The summed E-state index contributed by atoms with van der Waals surface area (Å²) in [6.45, 7) is 2.05. The van der Waals surface area contributed by atoms with Crippen LogP contribution in [0.1, 0.15) is 12.5 Å². The van der Waals surface area contributed by atoms with Crippen LogP contribution in [0.5, 0.6) is 0 Å². The summed E-state index contributed by atoms with van der Waals surface area (Å²) in [6.07, 6.45) is 0.135. The first-order valence-corrected chi connectivity index (χ1v) is 5.02. The molecule has 1 unspecified atom stereocenters. The van der Waals surface area contributed by atoms with Gasteiger partial charge >= 0.3 is 0 Å². The van der Waals surface area contributed by atoms with Crippen molar-refractivity contribution in [1.29, 1.82) is 5.26 Å². The first kappa shape index (κ1) is 12.2. The lowest BCUT2D eigenvalue weighted by Crippen LogP contribution is -2.29.